The summed E-state index contributed by atoms with van der Waals surface area (Å²) in [4.78, 5) is 35.5. The first-order chi connectivity index (χ1) is 16.1. The van der Waals surface area contributed by atoms with Gasteiger partial charge in [-0.3, -0.25) is 9.59 Å². The molecule has 2 aromatic rings. The Morgan fingerprint density at radius 3 is 2.15 bits per heavy atom. The van der Waals surface area contributed by atoms with Gasteiger partial charge in [-0.15, -0.1) is 0 Å². The molecule has 0 aliphatic heterocycles. The van der Waals surface area contributed by atoms with E-state index in [1.54, 1.807) is 0 Å². The molecule has 4 unspecified atom stereocenters. The van der Waals surface area contributed by atoms with Gasteiger partial charge in [-0.1, -0.05) is 48.5 Å². The number of nitrogens with one attached hydrogen (secondary N) is 2. The summed E-state index contributed by atoms with van der Waals surface area (Å²) in [6.45, 7) is 2.45. The Balaban J connectivity index is 1.30. The Labute approximate surface area is 195 Å². The first kappa shape index (κ1) is 23.7. The maximum Gasteiger partial charge on any atom is 0.407 e. The van der Waals surface area contributed by atoms with E-state index < -0.39 is 54.2 Å². The van der Waals surface area contributed by atoms with Gasteiger partial charge in [0.2, 0.25) is 5.91 Å². The third-order valence-corrected chi connectivity index (χ3v) is 6.80. The number of alkyl halides is 2. The van der Waals surface area contributed by atoms with Crippen LogP contribution in [0.25, 0.3) is 11.1 Å². The Hall–Kier alpha value is -3.49. The van der Waals surface area contributed by atoms with E-state index in [1.165, 1.54) is 13.8 Å². The molecule has 9 heteroatoms. The average Bonchev–Trinajstić information content (AvgIpc) is 3.22. The van der Waals surface area contributed by atoms with Crippen molar-refractivity contribution in [2.75, 3.05) is 13.2 Å². The number of aliphatic carboxylic acids is 1. The van der Waals surface area contributed by atoms with E-state index in [9.17, 15) is 23.2 Å². The van der Waals surface area contributed by atoms with E-state index >= 15 is 0 Å². The molecule has 0 heterocycles. The lowest BCUT2D eigenvalue weighted by molar-refractivity contribution is -0.142. The molecule has 7 nitrogen and oxygen atoms in total. The highest BCUT2D eigenvalue weighted by molar-refractivity contribution is 5.85. The number of halogens is 2. The van der Waals surface area contributed by atoms with Crippen molar-refractivity contribution < 1.29 is 33.0 Å². The summed E-state index contributed by atoms with van der Waals surface area (Å²) >= 11 is 0. The number of ether oxygens (including phenoxy) is 1. The molecule has 1 saturated carbocycles. The molecule has 0 aromatic heterocycles. The lowest BCUT2D eigenvalue weighted by Gasteiger charge is -2.17. The lowest BCUT2D eigenvalue weighted by Crippen LogP contribution is -2.41. The number of amides is 2. The van der Waals surface area contributed by atoms with Crippen molar-refractivity contribution in [3.63, 3.8) is 0 Å². The quantitative estimate of drug-likeness (QED) is 0.544. The highest BCUT2D eigenvalue weighted by atomic mass is 19.3. The van der Waals surface area contributed by atoms with Crippen LogP contribution in [0.2, 0.25) is 0 Å². The SMILES string of the molecule is CC(NC(=O)C1C(CNC(=O)OCC2c3ccccc3-c3ccccc32)C1(F)F)C(C)C(=O)O. The van der Waals surface area contributed by atoms with Gasteiger partial charge in [-0.25, -0.2) is 13.6 Å². The minimum atomic E-state index is -3.28. The van der Waals surface area contributed by atoms with Crippen molar-refractivity contribution in [3.8, 4) is 11.1 Å². The molecule has 0 radical (unpaired) electrons. The largest absolute Gasteiger partial charge is 0.481 e. The molecule has 1 fully saturated rings. The predicted molar refractivity (Wildman–Crippen MR) is 119 cm³/mol. The lowest BCUT2D eigenvalue weighted by atomic mass is 9.98. The third kappa shape index (κ3) is 4.34. The van der Waals surface area contributed by atoms with Crippen LogP contribution >= 0.6 is 0 Å². The number of carbonyl (C=O) groups is 3. The zero-order valence-electron chi connectivity index (χ0n) is 18.8. The van der Waals surface area contributed by atoms with Gasteiger partial charge in [0.25, 0.3) is 5.92 Å². The topological polar surface area (TPSA) is 105 Å². The number of benzene rings is 2. The fraction of sp³-hybridized carbons (Fsp3) is 0.400. The fourth-order valence-electron chi connectivity index (χ4n) is 4.50. The Bertz CT molecular complexity index is 1080. The number of carbonyl (C=O) groups excluding carboxylic acids is 2. The molecule has 2 aliphatic carbocycles. The molecular formula is C25H26F2N2O5. The molecule has 4 rings (SSSR count). The summed E-state index contributed by atoms with van der Waals surface area (Å²) < 4.78 is 33.7. The summed E-state index contributed by atoms with van der Waals surface area (Å²) in [5, 5.41) is 13.7. The molecule has 0 spiro atoms. The van der Waals surface area contributed by atoms with Crippen LogP contribution in [0.15, 0.2) is 48.5 Å². The molecule has 2 aromatic carbocycles. The molecule has 2 amide bonds. The van der Waals surface area contributed by atoms with E-state index in [-0.39, 0.29) is 12.5 Å². The van der Waals surface area contributed by atoms with Crippen LogP contribution in [0.4, 0.5) is 13.6 Å². The smallest absolute Gasteiger partial charge is 0.407 e. The van der Waals surface area contributed by atoms with Gasteiger partial charge in [0.15, 0.2) is 0 Å². The van der Waals surface area contributed by atoms with Gasteiger partial charge >= 0.3 is 12.1 Å². The van der Waals surface area contributed by atoms with Crippen LogP contribution in [0.1, 0.15) is 30.9 Å². The van der Waals surface area contributed by atoms with Crippen molar-refractivity contribution >= 4 is 18.0 Å². The zero-order chi connectivity index (χ0) is 24.6. The molecule has 180 valence electrons. The van der Waals surface area contributed by atoms with Crippen LogP contribution in [-0.2, 0) is 14.3 Å². The summed E-state index contributed by atoms with van der Waals surface area (Å²) in [7, 11) is 0. The van der Waals surface area contributed by atoms with Gasteiger partial charge < -0.3 is 20.5 Å². The second kappa shape index (κ2) is 9.04. The van der Waals surface area contributed by atoms with Gasteiger partial charge in [0, 0.05) is 18.5 Å². The third-order valence-electron chi connectivity index (χ3n) is 6.80. The highest BCUT2D eigenvalue weighted by Crippen LogP contribution is 2.55. The minimum absolute atomic E-state index is 0.0510. The molecule has 4 atom stereocenters. The van der Waals surface area contributed by atoms with Crippen molar-refractivity contribution in [2.45, 2.75) is 31.7 Å². The maximum atomic E-state index is 14.2. The average molecular weight is 472 g/mol. The first-order valence-electron chi connectivity index (χ1n) is 11.1. The summed E-state index contributed by atoms with van der Waals surface area (Å²) in [6.07, 6.45) is -0.836. The van der Waals surface area contributed by atoms with Gasteiger partial charge in [0.1, 0.15) is 12.5 Å². The Morgan fingerprint density at radius 2 is 1.59 bits per heavy atom. The van der Waals surface area contributed by atoms with E-state index in [1.807, 2.05) is 48.5 Å². The number of fused-ring (bicyclic) bond motifs is 3. The summed E-state index contributed by atoms with van der Waals surface area (Å²) in [5.74, 6) is -9.42. The number of hydrogen-bond acceptors (Lipinski definition) is 4. The monoisotopic (exact) mass is 472 g/mol. The normalized spacial score (nSPS) is 21.5. The van der Waals surface area contributed by atoms with E-state index in [0.29, 0.717) is 0 Å². The summed E-state index contributed by atoms with van der Waals surface area (Å²) in [6, 6.07) is 14.9. The zero-order valence-corrected chi connectivity index (χ0v) is 18.8. The molecule has 2 aliphatic rings. The minimum Gasteiger partial charge on any atom is -0.481 e. The second-order valence-electron chi connectivity index (χ2n) is 8.89. The van der Waals surface area contributed by atoms with Gasteiger partial charge in [-0.2, -0.15) is 0 Å². The standard InChI is InChI=1S/C25H26F2N2O5/c1-13(23(31)32)14(2)29-22(30)21-20(25(21,26)27)11-28-24(33)34-12-19-17-9-5-3-7-15(17)16-8-4-6-10-18(16)19/h3-10,13-14,19-21H,11-12H2,1-2H3,(H,28,33)(H,29,30)(H,31,32). The number of carboxylic acids is 1. The summed E-state index contributed by atoms with van der Waals surface area (Å²) in [5.41, 5.74) is 4.22. The molecule has 0 saturated heterocycles. The fourth-order valence-corrected chi connectivity index (χ4v) is 4.50. The molecule has 34 heavy (non-hydrogen) atoms. The van der Waals surface area contributed by atoms with E-state index in [2.05, 4.69) is 10.6 Å². The van der Waals surface area contributed by atoms with Crippen LogP contribution in [0, 0.1) is 17.8 Å². The Kier molecular flexibility index (Phi) is 6.29. The van der Waals surface area contributed by atoms with Crippen LogP contribution in [-0.4, -0.2) is 48.2 Å². The van der Waals surface area contributed by atoms with Crippen molar-refractivity contribution in [3.05, 3.63) is 59.7 Å². The van der Waals surface area contributed by atoms with E-state index in [4.69, 9.17) is 9.84 Å². The number of rotatable bonds is 8. The molecular weight excluding hydrogens is 446 g/mol. The van der Waals surface area contributed by atoms with Crippen LogP contribution < -0.4 is 10.6 Å². The van der Waals surface area contributed by atoms with Crippen molar-refractivity contribution in [1.29, 1.82) is 0 Å². The Morgan fingerprint density at radius 1 is 1.03 bits per heavy atom. The maximum absolute atomic E-state index is 14.2. The van der Waals surface area contributed by atoms with Gasteiger partial charge in [-0.05, 0) is 36.1 Å². The van der Waals surface area contributed by atoms with Crippen molar-refractivity contribution in [2.24, 2.45) is 17.8 Å². The molecule has 3 N–H and O–H groups in total. The van der Waals surface area contributed by atoms with E-state index in [0.717, 1.165) is 22.3 Å². The second-order valence-corrected chi connectivity index (χ2v) is 8.89. The number of carboxylic acid groups (broad SMARTS) is 1. The van der Waals surface area contributed by atoms with Gasteiger partial charge in [0.05, 0.1) is 11.8 Å². The van der Waals surface area contributed by atoms with Crippen LogP contribution in [0.3, 0.4) is 0 Å². The number of alkyl carbamates (subject to hydrolysis) is 1. The first-order valence-corrected chi connectivity index (χ1v) is 11.1. The van der Waals surface area contributed by atoms with Crippen molar-refractivity contribution in [1.82, 2.24) is 10.6 Å². The number of hydrogen-bond donors (Lipinski definition) is 3. The van der Waals surface area contributed by atoms with Crippen LogP contribution in [0.5, 0.6) is 0 Å². The molecule has 0 bridgehead atoms. The highest BCUT2D eigenvalue weighted by Gasteiger charge is 2.71. The predicted octanol–water partition coefficient (Wildman–Crippen LogP) is 3.63.